The highest BCUT2D eigenvalue weighted by atomic mass is 35.5. The lowest BCUT2D eigenvalue weighted by Crippen LogP contribution is -2.29. The second kappa shape index (κ2) is 5.37. The van der Waals surface area contributed by atoms with Crippen LogP contribution in [0.1, 0.15) is 30.1 Å². The van der Waals surface area contributed by atoms with Gasteiger partial charge in [-0.3, -0.25) is 4.79 Å². The number of nitrogen functional groups attached to an aromatic ring is 1. The molecule has 0 aromatic heterocycles. The van der Waals surface area contributed by atoms with E-state index >= 15 is 0 Å². The standard InChI is InChI=1S/C13H16Cl2N2O/c1-7(8-2-3-8)6-17-13(18)9-4-10(14)12(16)11(15)5-9/h4-5,7-8H,2-3,6,16H2,1H3,(H,17,18). The van der Waals surface area contributed by atoms with E-state index in [2.05, 4.69) is 12.2 Å². The van der Waals surface area contributed by atoms with Crippen LogP contribution in [0.4, 0.5) is 5.69 Å². The Kier molecular flexibility index (Phi) is 4.03. The van der Waals surface area contributed by atoms with E-state index in [0.717, 1.165) is 5.92 Å². The lowest BCUT2D eigenvalue weighted by Gasteiger charge is -2.12. The number of hydrogen-bond acceptors (Lipinski definition) is 2. The van der Waals surface area contributed by atoms with Crippen molar-refractivity contribution in [1.82, 2.24) is 5.32 Å². The number of carbonyl (C=O) groups is 1. The summed E-state index contributed by atoms with van der Waals surface area (Å²) < 4.78 is 0. The highest BCUT2D eigenvalue weighted by Gasteiger charge is 2.27. The van der Waals surface area contributed by atoms with Gasteiger partial charge < -0.3 is 11.1 Å². The monoisotopic (exact) mass is 286 g/mol. The Morgan fingerprint density at radius 1 is 1.44 bits per heavy atom. The highest BCUT2D eigenvalue weighted by Crippen LogP contribution is 2.36. The van der Waals surface area contributed by atoms with Crippen LogP contribution < -0.4 is 11.1 Å². The van der Waals surface area contributed by atoms with Gasteiger partial charge in [-0.05, 0) is 36.8 Å². The number of anilines is 1. The summed E-state index contributed by atoms with van der Waals surface area (Å²) in [6, 6.07) is 3.08. The second-order valence-electron chi connectivity index (χ2n) is 4.88. The van der Waals surface area contributed by atoms with Crippen LogP contribution in [-0.2, 0) is 0 Å². The molecule has 98 valence electrons. The van der Waals surface area contributed by atoms with E-state index in [1.807, 2.05) is 0 Å². The van der Waals surface area contributed by atoms with Gasteiger partial charge in [-0.1, -0.05) is 30.1 Å². The molecule has 0 aliphatic heterocycles. The van der Waals surface area contributed by atoms with Gasteiger partial charge in [-0.15, -0.1) is 0 Å². The van der Waals surface area contributed by atoms with Crippen LogP contribution in [0.15, 0.2) is 12.1 Å². The molecule has 0 bridgehead atoms. The van der Waals surface area contributed by atoms with Crippen molar-refractivity contribution >= 4 is 34.8 Å². The van der Waals surface area contributed by atoms with E-state index in [9.17, 15) is 4.79 Å². The minimum atomic E-state index is -0.161. The Labute approximate surface area is 117 Å². The Balaban J connectivity index is 1.99. The summed E-state index contributed by atoms with van der Waals surface area (Å²) in [5, 5.41) is 3.51. The maximum absolute atomic E-state index is 11.9. The van der Waals surface area contributed by atoms with E-state index in [4.69, 9.17) is 28.9 Å². The molecule has 1 unspecified atom stereocenters. The molecule has 3 N–H and O–H groups in total. The molecule has 0 radical (unpaired) electrons. The molecule has 1 aliphatic carbocycles. The maximum atomic E-state index is 11.9. The van der Waals surface area contributed by atoms with Gasteiger partial charge in [0, 0.05) is 12.1 Å². The minimum Gasteiger partial charge on any atom is -0.396 e. The average molecular weight is 287 g/mol. The van der Waals surface area contributed by atoms with Crippen molar-refractivity contribution in [2.75, 3.05) is 12.3 Å². The van der Waals surface area contributed by atoms with E-state index in [-0.39, 0.29) is 5.91 Å². The molecule has 18 heavy (non-hydrogen) atoms. The zero-order chi connectivity index (χ0) is 13.3. The lowest BCUT2D eigenvalue weighted by molar-refractivity contribution is 0.0946. The summed E-state index contributed by atoms with van der Waals surface area (Å²) in [5.74, 6) is 1.13. The van der Waals surface area contributed by atoms with Crippen LogP contribution in [0.3, 0.4) is 0 Å². The maximum Gasteiger partial charge on any atom is 0.251 e. The molecule has 5 heteroatoms. The fraction of sp³-hybridized carbons (Fsp3) is 0.462. The van der Waals surface area contributed by atoms with Crippen LogP contribution in [-0.4, -0.2) is 12.5 Å². The van der Waals surface area contributed by atoms with Crippen molar-refractivity contribution in [3.05, 3.63) is 27.7 Å². The van der Waals surface area contributed by atoms with Crippen molar-refractivity contribution < 1.29 is 4.79 Å². The van der Waals surface area contributed by atoms with Gasteiger partial charge >= 0.3 is 0 Å². The topological polar surface area (TPSA) is 55.1 Å². The first-order valence-corrected chi connectivity index (χ1v) is 6.77. The molecule has 1 saturated carbocycles. The van der Waals surface area contributed by atoms with Crippen LogP contribution in [0.25, 0.3) is 0 Å². The van der Waals surface area contributed by atoms with Crippen molar-refractivity contribution in [1.29, 1.82) is 0 Å². The quantitative estimate of drug-likeness (QED) is 0.834. The number of benzene rings is 1. The third kappa shape index (κ3) is 3.09. The van der Waals surface area contributed by atoms with Crippen LogP contribution in [0.5, 0.6) is 0 Å². The van der Waals surface area contributed by atoms with Crippen molar-refractivity contribution in [3.63, 3.8) is 0 Å². The lowest BCUT2D eigenvalue weighted by atomic mass is 10.1. The van der Waals surface area contributed by atoms with Gasteiger partial charge in [0.15, 0.2) is 0 Å². The zero-order valence-electron chi connectivity index (χ0n) is 10.2. The molecular weight excluding hydrogens is 271 g/mol. The van der Waals surface area contributed by atoms with E-state index in [0.29, 0.717) is 33.8 Å². The van der Waals surface area contributed by atoms with Gasteiger partial charge in [0.25, 0.3) is 5.91 Å². The summed E-state index contributed by atoms with van der Waals surface area (Å²) in [7, 11) is 0. The molecule has 1 atom stereocenters. The Bertz CT molecular complexity index is 449. The number of halogens is 2. The van der Waals surface area contributed by atoms with Crippen LogP contribution in [0, 0.1) is 11.8 Å². The largest absolute Gasteiger partial charge is 0.396 e. The zero-order valence-corrected chi connectivity index (χ0v) is 11.7. The van der Waals surface area contributed by atoms with E-state index < -0.39 is 0 Å². The molecule has 1 aromatic rings. The number of amides is 1. The van der Waals surface area contributed by atoms with Gasteiger partial charge in [-0.25, -0.2) is 0 Å². The molecule has 1 fully saturated rings. The molecule has 0 saturated heterocycles. The van der Waals surface area contributed by atoms with Gasteiger partial charge in [0.2, 0.25) is 0 Å². The second-order valence-corrected chi connectivity index (χ2v) is 5.69. The first kappa shape index (κ1) is 13.5. The highest BCUT2D eigenvalue weighted by molar-refractivity contribution is 6.39. The normalized spacial score (nSPS) is 16.4. The molecular formula is C13H16Cl2N2O. The Hall–Kier alpha value is -0.930. The number of carbonyl (C=O) groups excluding carboxylic acids is 1. The molecule has 1 aromatic carbocycles. The minimum absolute atomic E-state index is 0.161. The van der Waals surface area contributed by atoms with E-state index in [1.54, 1.807) is 12.1 Å². The van der Waals surface area contributed by atoms with Crippen molar-refractivity contribution in [2.24, 2.45) is 11.8 Å². The summed E-state index contributed by atoms with van der Waals surface area (Å²) in [5.41, 5.74) is 6.38. The smallest absolute Gasteiger partial charge is 0.251 e. The van der Waals surface area contributed by atoms with Gasteiger partial charge in [0.1, 0.15) is 0 Å². The number of hydrogen-bond donors (Lipinski definition) is 2. The summed E-state index contributed by atoms with van der Waals surface area (Å²) in [4.78, 5) is 11.9. The van der Waals surface area contributed by atoms with Crippen LogP contribution in [0.2, 0.25) is 10.0 Å². The predicted octanol–water partition coefficient (Wildman–Crippen LogP) is 3.35. The Morgan fingerprint density at radius 2 is 2.00 bits per heavy atom. The summed E-state index contributed by atoms with van der Waals surface area (Å²) in [6.45, 7) is 2.84. The number of nitrogens with one attached hydrogen (secondary N) is 1. The number of rotatable bonds is 4. The van der Waals surface area contributed by atoms with Gasteiger partial charge in [-0.2, -0.15) is 0 Å². The molecule has 1 aliphatic rings. The molecule has 2 rings (SSSR count). The summed E-state index contributed by atoms with van der Waals surface area (Å²) in [6.07, 6.45) is 2.55. The molecule has 0 spiro atoms. The fourth-order valence-electron chi connectivity index (χ4n) is 1.90. The first-order chi connectivity index (χ1) is 8.49. The summed E-state index contributed by atoms with van der Waals surface area (Å²) >= 11 is 11.8. The molecule has 0 heterocycles. The third-order valence-corrected chi connectivity index (χ3v) is 3.98. The predicted molar refractivity (Wildman–Crippen MR) is 75.1 cm³/mol. The van der Waals surface area contributed by atoms with Crippen LogP contribution >= 0.6 is 23.2 Å². The van der Waals surface area contributed by atoms with Gasteiger partial charge in [0.05, 0.1) is 15.7 Å². The van der Waals surface area contributed by atoms with Crippen molar-refractivity contribution in [3.8, 4) is 0 Å². The number of nitrogens with two attached hydrogens (primary N) is 1. The molecule has 1 amide bonds. The SMILES string of the molecule is CC(CNC(=O)c1cc(Cl)c(N)c(Cl)c1)C1CC1. The van der Waals surface area contributed by atoms with E-state index in [1.165, 1.54) is 12.8 Å². The Morgan fingerprint density at radius 3 is 2.50 bits per heavy atom. The fourth-order valence-corrected chi connectivity index (χ4v) is 2.39. The van der Waals surface area contributed by atoms with Crippen molar-refractivity contribution in [2.45, 2.75) is 19.8 Å². The molecule has 3 nitrogen and oxygen atoms in total. The first-order valence-electron chi connectivity index (χ1n) is 6.01. The average Bonchev–Trinajstić information content (AvgIpc) is 3.16. The third-order valence-electron chi connectivity index (χ3n) is 3.35.